The maximum Gasteiger partial charge on any atom is 0.0459 e. The molecule has 0 aromatic carbocycles. The van der Waals surface area contributed by atoms with Gasteiger partial charge in [-0.3, -0.25) is 0 Å². The molecule has 2 nitrogen and oxygen atoms in total. The fraction of sp³-hybridized carbons (Fsp3) is 1.00. The van der Waals surface area contributed by atoms with Gasteiger partial charge in [0, 0.05) is 13.2 Å². The van der Waals surface area contributed by atoms with Crippen LogP contribution in [0.4, 0.5) is 0 Å². The lowest BCUT2D eigenvalue weighted by Gasteiger charge is -2.03. The molecule has 0 spiro atoms. The van der Waals surface area contributed by atoms with E-state index in [-0.39, 0.29) is 0 Å². The number of aliphatic hydroxyl groups excluding tert-OH is 2. The molecule has 0 radical (unpaired) electrons. The highest BCUT2D eigenvalue weighted by Gasteiger charge is 2.22. The summed E-state index contributed by atoms with van der Waals surface area (Å²) in [5, 5.41) is 17.4. The molecule has 2 heteroatoms. The Hall–Kier alpha value is -0.0800. The predicted octanol–water partition coefficient (Wildman–Crippen LogP) is 0.387. The van der Waals surface area contributed by atoms with Crippen molar-refractivity contribution in [1.82, 2.24) is 0 Å². The Morgan fingerprint density at radius 1 is 1.00 bits per heavy atom. The van der Waals surface area contributed by atoms with Crippen LogP contribution in [0.3, 0.4) is 0 Å². The van der Waals surface area contributed by atoms with E-state index in [4.69, 9.17) is 10.2 Å². The molecule has 1 aliphatic carbocycles. The van der Waals surface area contributed by atoms with Crippen molar-refractivity contribution in [2.75, 3.05) is 13.2 Å². The van der Waals surface area contributed by atoms with Crippen LogP contribution in [0.1, 0.15) is 19.3 Å². The van der Waals surface area contributed by atoms with Crippen molar-refractivity contribution in [3.05, 3.63) is 0 Å². The lowest BCUT2D eigenvalue weighted by Crippen LogP contribution is -2.03. The molecule has 2 atom stereocenters. The van der Waals surface area contributed by atoms with E-state index in [2.05, 4.69) is 0 Å². The van der Waals surface area contributed by atoms with Gasteiger partial charge < -0.3 is 10.2 Å². The van der Waals surface area contributed by atoms with Crippen molar-refractivity contribution in [2.45, 2.75) is 19.3 Å². The first kappa shape index (κ1) is 7.03. The third kappa shape index (κ3) is 1.66. The molecule has 0 amide bonds. The van der Waals surface area contributed by atoms with Gasteiger partial charge in [0.05, 0.1) is 0 Å². The van der Waals surface area contributed by atoms with Gasteiger partial charge in [-0.1, -0.05) is 0 Å². The van der Waals surface area contributed by atoms with Crippen molar-refractivity contribution < 1.29 is 10.2 Å². The SMILES string of the molecule is OC[C@@H]1CC[C@@H](CO)C1. The zero-order valence-electron chi connectivity index (χ0n) is 5.58. The van der Waals surface area contributed by atoms with Gasteiger partial charge in [-0.25, -0.2) is 0 Å². The molecule has 0 aliphatic heterocycles. The van der Waals surface area contributed by atoms with Crippen LogP contribution in [0.5, 0.6) is 0 Å². The van der Waals surface area contributed by atoms with Crippen molar-refractivity contribution >= 4 is 0 Å². The summed E-state index contributed by atoms with van der Waals surface area (Å²) in [5.41, 5.74) is 0. The summed E-state index contributed by atoms with van der Waals surface area (Å²) in [5.74, 6) is 0.948. The van der Waals surface area contributed by atoms with Crippen LogP contribution in [0.25, 0.3) is 0 Å². The highest BCUT2D eigenvalue weighted by Crippen LogP contribution is 2.29. The van der Waals surface area contributed by atoms with Crippen LogP contribution in [0.15, 0.2) is 0 Å². The normalized spacial score (nSPS) is 35.3. The molecule has 0 saturated heterocycles. The summed E-state index contributed by atoms with van der Waals surface area (Å²) < 4.78 is 0. The van der Waals surface area contributed by atoms with E-state index in [1.807, 2.05) is 0 Å². The molecule has 0 unspecified atom stereocenters. The zero-order chi connectivity index (χ0) is 6.69. The molecular weight excluding hydrogens is 116 g/mol. The monoisotopic (exact) mass is 130 g/mol. The van der Waals surface area contributed by atoms with Gasteiger partial charge in [0.15, 0.2) is 0 Å². The van der Waals surface area contributed by atoms with Gasteiger partial charge in [-0.2, -0.15) is 0 Å². The summed E-state index contributed by atoms with van der Waals surface area (Å²) in [7, 11) is 0. The first-order chi connectivity index (χ1) is 4.36. The number of hydrogen-bond donors (Lipinski definition) is 2. The lowest BCUT2D eigenvalue weighted by atomic mass is 10.1. The second-order valence-corrected chi connectivity index (χ2v) is 2.91. The van der Waals surface area contributed by atoms with E-state index in [1.54, 1.807) is 0 Å². The minimum Gasteiger partial charge on any atom is -0.396 e. The summed E-state index contributed by atoms with van der Waals surface area (Å²) in [4.78, 5) is 0. The van der Waals surface area contributed by atoms with Crippen LogP contribution in [-0.4, -0.2) is 23.4 Å². The fourth-order valence-corrected chi connectivity index (χ4v) is 1.51. The molecule has 1 rings (SSSR count). The smallest absolute Gasteiger partial charge is 0.0459 e. The second kappa shape index (κ2) is 3.18. The van der Waals surface area contributed by atoms with Crippen LogP contribution >= 0.6 is 0 Å². The molecule has 0 aromatic heterocycles. The van der Waals surface area contributed by atoms with Crippen LogP contribution < -0.4 is 0 Å². The lowest BCUT2D eigenvalue weighted by molar-refractivity contribution is 0.202. The van der Waals surface area contributed by atoms with Gasteiger partial charge in [-0.15, -0.1) is 0 Å². The molecular formula is C7H14O2. The van der Waals surface area contributed by atoms with Crippen LogP contribution in [-0.2, 0) is 0 Å². The van der Waals surface area contributed by atoms with Crippen molar-refractivity contribution in [2.24, 2.45) is 11.8 Å². The van der Waals surface area contributed by atoms with E-state index in [0.717, 1.165) is 19.3 Å². The fourth-order valence-electron chi connectivity index (χ4n) is 1.51. The van der Waals surface area contributed by atoms with E-state index in [0.29, 0.717) is 25.0 Å². The first-order valence-corrected chi connectivity index (χ1v) is 3.58. The number of hydrogen-bond acceptors (Lipinski definition) is 2. The third-order valence-electron chi connectivity index (χ3n) is 2.17. The summed E-state index contributed by atoms with van der Waals surface area (Å²) >= 11 is 0. The standard InChI is InChI=1S/C7H14O2/c8-4-6-1-2-7(3-6)5-9/h6-9H,1-5H2/t6-,7-/m1/s1. The van der Waals surface area contributed by atoms with Crippen LogP contribution in [0, 0.1) is 11.8 Å². The molecule has 0 heterocycles. The second-order valence-electron chi connectivity index (χ2n) is 2.91. The van der Waals surface area contributed by atoms with Gasteiger partial charge in [0.1, 0.15) is 0 Å². The molecule has 0 aromatic rings. The summed E-state index contributed by atoms with van der Waals surface area (Å²) in [6, 6.07) is 0. The minimum absolute atomic E-state index is 0.302. The highest BCUT2D eigenvalue weighted by atomic mass is 16.3. The van der Waals surface area contributed by atoms with Gasteiger partial charge in [-0.05, 0) is 31.1 Å². The molecule has 9 heavy (non-hydrogen) atoms. The zero-order valence-corrected chi connectivity index (χ0v) is 5.58. The van der Waals surface area contributed by atoms with Gasteiger partial charge >= 0.3 is 0 Å². The van der Waals surface area contributed by atoms with Gasteiger partial charge in [0.2, 0.25) is 0 Å². The maximum atomic E-state index is 8.70. The largest absolute Gasteiger partial charge is 0.396 e. The van der Waals surface area contributed by atoms with Crippen LogP contribution in [0.2, 0.25) is 0 Å². The quantitative estimate of drug-likeness (QED) is 0.567. The van der Waals surface area contributed by atoms with Gasteiger partial charge in [0.25, 0.3) is 0 Å². The van der Waals surface area contributed by atoms with Crippen molar-refractivity contribution in [3.8, 4) is 0 Å². The topological polar surface area (TPSA) is 40.5 Å². The Kier molecular flexibility index (Phi) is 2.49. The minimum atomic E-state index is 0.302. The van der Waals surface area contributed by atoms with Crippen molar-refractivity contribution in [3.63, 3.8) is 0 Å². The molecule has 1 aliphatic rings. The Labute approximate surface area is 55.5 Å². The molecule has 2 N–H and O–H groups in total. The predicted molar refractivity (Wildman–Crippen MR) is 35.0 cm³/mol. The number of rotatable bonds is 2. The van der Waals surface area contributed by atoms with E-state index in [9.17, 15) is 0 Å². The maximum absolute atomic E-state index is 8.70. The molecule has 54 valence electrons. The Morgan fingerprint density at radius 3 is 1.67 bits per heavy atom. The third-order valence-corrected chi connectivity index (χ3v) is 2.17. The van der Waals surface area contributed by atoms with Crippen molar-refractivity contribution in [1.29, 1.82) is 0 Å². The Morgan fingerprint density at radius 2 is 1.44 bits per heavy atom. The highest BCUT2D eigenvalue weighted by molar-refractivity contribution is 4.73. The molecule has 1 fully saturated rings. The molecule has 0 bridgehead atoms. The first-order valence-electron chi connectivity index (χ1n) is 3.58. The Balaban J connectivity index is 2.20. The average molecular weight is 130 g/mol. The Bertz CT molecular complexity index is 73.0. The van der Waals surface area contributed by atoms with E-state index < -0.39 is 0 Å². The summed E-state index contributed by atoms with van der Waals surface area (Å²) in [6.45, 7) is 0.604. The van der Waals surface area contributed by atoms with E-state index >= 15 is 0 Å². The molecule has 1 saturated carbocycles. The summed E-state index contributed by atoms with van der Waals surface area (Å²) in [6.07, 6.45) is 3.22. The van der Waals surface area contributed by atoms with E-state index in [1.165, 1.54) is 0 Å². The number of aliphatic hydroxyl groups is 2. The average Bonchev–Trinajstić information content (AvgIpc) is 2.34.